The zero-order valence-corrected chi connectivity index (χ0v) is 9.78. The second kappa shape index (κ2) is 6.97. The summed E-state index contributed by atoms with van der Waals surface area (Å²) >= 11 is 7.76. The topological polar surface area (TPSA) is 0 Å². The van der Waals surface area contributed by atoms with Crippen LogP contribution in [0.25, 0.3) is 0 Å². The molecule has 0 aliphatic rings. The summed E-state index contributed by atoms with van der Waals surface area (Å²) < 4.78 is 0. The second-order valence-corrected chi connectivity index (χ2v) is 4.65. The third-order valence-electron chi connectivity index (χ3n) is 1.88. The van der Waals surface area contributed by atoms with Gasteiger partial charge in [0.15, 0.2) is 0 Å². The molecule has 0 spiro atoms. The van der Waals surface area contributed by atoms with Crippen LogP contribution in [-0.2, 0) is 5.75 Å². The van der Waals surface area contributed by atoms with E-state index in [1.165, 1.54) is 17.7 Å². The van der Waals surface area contributed by atoms with Crippen LogP contribution >= 0.6 is 23.4 Å². The first-order valence-electron chi connectivity index (χ1n) is 4.76. The van der Waals surface area contributed by atoms with Gasteiger partial charge in [-0.2, -0.15) is 11.8 Å². The van der Waals surface area contributed by atoms with Crippen molar-refractivity contribution in [3.05, 3.63) is 47.5 Å². The molecule has 2 heteroatoms. The van der Waals surface area contributed by atoms with E-state index in [4.69, 9.17) is 11.6 Å². The van der Waals surface area contributed by atoms with Crippen LogP contribution in [0.3, 0.4) is 0 Å². The lowest BCUT2D eigenvalue weighted by Gasteiger charge is -2.00. The molecule has 0 fully saturated rings. The van der Waals surface area contributed by atoms with Crippen molar-refractivity contribution in [2.24, 2.45) is 0 Å². The molecule has 0 nitrogen and oxygen atoms in total. The van der Waals surface area contributed by atoms with Gasteiger partial charge in [-0.3, -0.25) is 0 Å². The Kier molecular flexibility index (Phi) is 5.81. The molecular weight excluding hydrogens is 212 g/mol. The van der Waals surface area contributed by atoms with E-state index in [0.29, 0.717) is 0 Å². The quantitative estimate of drug-likeness (QED) is 0.507. The molecular formula is C12H15ClS. The summed E-state index contributed by atoms with van der Waals surface area (Å²) in [6.07, 6.45) is 4.32. The van der Waals surface area contributed by atoms with Crippen LogP contribution in [0.4, 0.5) is 0 Å². The fraction of sp³-hybridized carbons (Fsp3) is 0.333. The summed E-state index contributed by atoms with van der Waals surface area (Å²) in [5.41, 5.74) is 1.35. The van der Waals surface area contributed by atoms with Gasteiger partial charge in [0.2, 0.25) is 0 Å². The minimum absolute atomic E-state index is 0.811. The summed E-state index contributed by atoms with van der Waals surface area (Å²) in [6, 6.07) is 8.06. The maximum Gasteiger partial charge on any atom is 0.0406 e. The molecule has 1 aromatic carbocycles. The molecule has 0 aliphatic carbocycles. The number of benzene rings is 1. The van der Waals surface area contributed by atoms with Gasteiger partial charge in [0.1, 0.15) is 0 Å². The summed E-state index contributed by atoms with van der Waals surface area (Å²) in [6.45, 7) is 3.70. The number of rotatable bonds is 6. The van der Waals surface area contributed by atoms with Gasteiger partial charge < -0.3 is 0 Å². The number of halogens is 1. The first-order valence-corrected chi connectivity index (χ1v) is 6.29. The van der Waals surface area contributed by atoms with E-state index in [1.54, 1.807) is 0 Å². The fourth-order valence-electron chi connectivity index (χ4n) is 1.10. The maximum atomic E-state index is 5.80. The Labute approximate surface area is 95.4 Å². The number of allylic oxidation sites excluding steroid dienone is 1. The van der Waals surface area contributed by atoms with Crippen molar-refractivity contribution in [3.63, 3.8) is 0 Å². The average molecular weight is 227 g/mol. The lowest BCUT2D eigenvalue weighted by atomic mass is 10.2. The standard InChI is InChI=1S/C12H15ClS/c1-2-3-4-9-14-10-11-5-7-12(13)8-6-11/h2,5-8H,1,3-4,9-10H2. The predicted molar refractivity (Wildman–Crippen MR) is 67.0 cm³/mol. The molecule has 0 heterocycles. The van der Waals surface area contributed by atoms with Crippen molar-refractivity contribution in [1.82, 2.24) is 0 Å². The Morgan fingerprint density at radius 2 is 2.00 bits per heavy atom. The lowest BCUT2D eigenvalue weighted by Crippen LogP contribution is -1.82. The molecule has 14 heavy (non-hydrogen) atoms. The SMILES string of the molecule is C=CCCCSCc1ccc(Cl)cc1. The van der Waals surface area contributed by atoms with E-state index in [0.717, 1.165) is 17.2 Å². The van der Waals surface area contributed by atoms with E-state index in [-0.39, 0.29) is 0 Å². The molecule has 0 N–H and O–H groups in total. The summed E-state index contributed by atoms with van der Waals surface area (Å²) in [7, 11) is 0. The molecule has 0 amide bonds. The Morgan fingerprint density at radius 1 is 1.29 bits per heavy atom. The van der Waals surface area contributed by atoms with Gasteiger partial charge in [-0.25, -0.2) is 0 Å². The molecule has 0 aliphatic heterocycles. The highest BCUT2D eigenvalue weighted by Crippen LogP contribution is 2.16. The largest absolute Gasteiger partial charge is 0.157 e. The highest BCUT2D eigenvalue weighted by molar-refractivity contribution is 7.98. The van der Waals surface area contributed by atoms with Gasteiger partial charge in [0.25, 0.3) is 0 Å². The van der Waals surface area contributed by atoms with E-state index < -0.39 is 0 Å². The van der Waals surface area contributed by atoms with Crippen LogP contribution in [-0.4, -0.2) is 5.75 Å². The van der Waals surface area contributed by atoms with Crippen molar-refractivity contribution in [2.45, 2.75) is 18.6 Å². The normalized spacial score (nSPS) is 10.1. The minimum Gasteiger partial charge on any atom is -0.157 e. The monoisotopic (exact) mass is 226 g/mol. The van der Waals surface area contributed by atoms with Gasteiger partial charge in [-0.1, -0.05) is 29.8 Å². The van der Waals surface area contributed by atoms with Crippen molar-refractivity contribution in [3.8, 4) is 0 Å². The summed E-state index contributed by atoms with van der Waals surface area (Å²) in [5.74, 6) is 2.28. The fourth-order valence-corrected chi connectivity index (χ4v) is 2.17. The first kappa shape index (κ1) is 11.7. The summed E-state index contributed by atoms with van der Waals surface area (Å²) in [5, 5.41) is 0.811. The van der Waals surface area contributed by atoms with Crippen molar-refractivity contribution in [1.29, 1.82) is 0 Å². The van der Waals surface area contributed by atoms with Crippen molar-refractivity contribution >= 4 is 23.4 Å². The Morgan fingerprint density at radius 3 is 2.64 bits per heavy atom. The second-order valence-electron chi connectivity index (χ2n) is 3.11. The molecule has 1 rings (SSSR count). The number of hydrogen-bond acceptors (Lipinski definition) is 1. The number of hydrogen-bond donors (Lipinski definition) is 0. The van der Waals surface area contributed by atoms with Crippen LogP contribution in [0.5, 0.6) is 0 Å². The van der Waals surface area contributed by atoms with Crippen LogP contribution in [0.2, 0.25) is 5.02 Å². The van der Waals surface area contributed by atoms with E-state index in [2.05, 4.69) is 18.7 Å². The minimum atomic E-state index is 0.811. The molecule has 0 radical (unpaired) electrons. The van der Waals surface area contributed by atoms with Gasteiger partial charge in [0, 0.05) is 10.8 Å². The molecule has 0 bridgehead atoms. The van der Waals surface area contributed by atoms with Gasteiger partial charge in [-0.05, 0) is 36.3 Å². The van der Waals surface area contributed by atoms with Crippen LogP contribution in [0, 0.1) is 0 Å². The zero-order valence-electron chi connectivity index (χ0n) is 8.21. The average Bonchev–Trinajstić information content (AvgIpc) is 2.21. The Hall–Kier alpha value is -0.400. The highest BCUT2D eigenvalue weighted by Gasteiger charge is 1.93. The molecule has 76 valence electrons. The Balaban J connectivity index is 2.18. The number of unbranched alkanes of at least 4 members (excludes halogenated alkanes) is 1. The van der Waals surface area contributed by atoms with Gasteiger partial charge in [0.05, 0.1) is 0 Å². The number of thioether (sulfide) groups is 1. The predicted octanol–water partition coefficient (Wildman–Crippen LogP) is 4.54. The van der Waals surface area contributed by atoms with Crippen LogP contribution < -0.4 is 0 Å². The third-order valence-corrected chi connectivity index (χ3v) is 3.25. The van der Waals surface area contributed by atoms with Crippen LogP contribution in [0.15, 0.2) is 36.9 Å². The summed E-state index contributed by atoms with van der Waals surface area (Å²) in [4.78, 5) is 0. The Bertz CT molecular complexity index is 266. The van der Waals surface area contributed by atoms with Crippen LogP contribution in [0.1, 0.15) is 18.4 Å². The smallest absolute Gasteiger partial charge is 0.0406 e. The van der Waals surface area contributed by atoms with E-state index in [9.17, 15) is 0 Å². The maximum absolute atomic E-state index is 5.80. The molecule has 0 saturated heterocycles. The molecule has 1 aromatic rings. The van der Waals surface area contributed by atoms with Crippen molar-refractivity contribution < 1.29 is 0 Å². The molecule has 0 saturated carbocycles. The zero-order chi connectivity index (χ0) is 10.2. The molecule has 0 atom stereocenters. The van der Waals surface area contributed by atoms with E-state index in [1.807, 2.05) is 30.0 Å². The first-order chi connectivity index (χ1) is 6.83. The van der Waals surface area contributed by atoms with Gasteiger partial charge >= 0.3 is 0 Å². The molecule has 0 unspecified atom stereocenters. The molecule has 0 aromatic heterocycles. The highest BCUT2D eigenvalue weighted by atomic mass is 35.5. The van der Waals surface area contributed by atoms with Crippen molar-refractivity contribution in [2.75, 3.05) is 5.75 Å². The third kappa shape index (κ3) is 4.73. The van der Waals surface area contributed by atoms with Gasteiger partial charge in [-0.15, -0.1) is 6.58 Å². The lowest BCUT2D eigenvalue weighted by molar-refractivity contribution is 0.973. The van der Waals surface area contributed by atoms with E-state index >= 15 is 0 Å².